The lowest BCUT2D eigenvalue weighted by Gasteiger charge is -2.49. The molecule has 0 bridgehead atoms. The van der Waals surface area contributed by atoms with Crippen molar-refractivity contribution >= 4 is 5.97 Å². The van der Waals surface area contributed by atoms with E-state index < -0.39 is 0 Å². The van der Waals surface area contributed by atoms with Crippen molar-refractivity contribution in [3.63, 3.8) is 0 Å². The van der Waals surface area contributed by atoms with E-state index >= 15 is 0 Å². The zero-order chi connectivity index (χ0) is 17.7. The van der Waals surface area contributed by atoms with Gasteiger partial charge in [0.1, 0.15) is 6.73 Å². The third-order valence-electron chi connectivity index (χ3n) is 5.84. The Hall–Kier alpha value is -1.09. The number of rotatable bonds is 7. The van der Waals surface area contributed by atoms with E-state index in [0.717, 1.165) is 19.3 Å². The standard InChI is InChI=1S/C21H35NO2/c1-6-16(4)20(23)24-14-22-21-12-8-7-9-18(21)11-10-17(5)19(21)13-15(2)3/h9-11,15-17,19,22H,6-8,12-14H2,1-5H3/t16-,17-,19-,21+/m0/s1. The fourth-order valence-corrected chi connectivity index (χ4v) is 4.21. The molecule has 0 aliphatic heterocycles. The van der Waals surface area contributed by atoms with Crippen LogP contribution in [0.1, 0.15) is 66.7 Å². The van der Waals surface area contributed by atoms with Crippen LogP contribution in [0, 0.1) is 23.7 Å². The van der Waals surface area contributed by atoms with E-state index in [2.05, 4.69) is 44.3 Å². The number of carbonyl (C=O) groups is 1. The Labute approximate surface area is 147 Å². The minimum Gasteiger partial charge on any atom is -0.449 e. The predicted octanol–water partition coefficient (Wildman–Crippen LogP) is 4.84. The molecule has 2 aliphatic carbocycles. The second-order valence-electron chi connectivity index (χ2n) is 8.07. The van der Waals surface area contributed by atoms with E-state index in [1.807, 2.05) is 13.8 Å². The number of carbonyl (C=O) groups excluding carboxylic acids is 1. The highest BCUT2D eigenvalue weighted by atomic mass is 16.5. The van der Waals surface area contributed by atoms with Crippen LogP contribution in [-0.2, 0) is 9.53 Å². The summed E-state index contributed by atoms with van der Waals surface area (Å²) in [6, 6.07) is 0. The van der Waals surface area contributed by atoms with Crippen molar-refractivity contribution in [1.82, 2.24) is 5.32 Å². The molecule has 0 amide bonds. The molecule has 0 aromatic heterocycles. The van der Waals surface area contributed by atoms with Crippen molar-refractivity contribution in [2.24, 2.45) is 23.7 Å². The van der Waals surface area contributed by atoms with Gasteiger partial charge in [0.05, 0.1) is 5.92 Å². The average molecular weight is 334 g/mol. The molecule has 0 heterocycles. The molecule has 0 saturated carbocycles. The maximum atomic E-state index is 12.0. The summed E-state index contributed by atoms with van der Waals surface area (Å²) < 4.78 is 5.53. The largest absolute Gasteiger partial charge is 0.449 e. The molecule has 0 aromatic carbocycles. The van der Waals surface area contributed by atoms with Crippen molar-refractivity contribution < 1.29 is 9.53 Å². The van der Waals surface area contributed by atoms with Crippen LogP contribution in [0.2, 0.25) is 0 Å². The smallest absolute Gasteiger partial charge is 0.309 e. The molecule has 0 aromatic rings. The van der Waals surface area contributed by atoms with Gasteiger partial charge >= 0.3 is 5.97 Å². The lowest BCUT2D eigenvalue weighted by molar-refractivity contribution is -0.149. The van der Waals surface area contributed by atoms with Gasteiger partial charge in [0.15, 0.2) is 0 Å². The molecule has 24 heavy (non-hydrogen) atoms. The zero-order valence-corrected chi connectivity index (χ0v) is 16.1. The summed E-state index contributed by atoms with van der Waals surface area (Å²) in [6.07, 6.45) is 12.5. The molecular formula is C21H35NO2. The van der Waals surface area contributed by atoms with Crippen LogP contribution < -0.4 is 5.32 Å². The van der Waals surface area contributed by atoms with E-state index in [4.69, 9.17) is 4.74 Å². The van der Waals surface area contributed by atoms with Crippen LogP contribution >= 0.6 is 0 Å². The van der Waals surface area contributed by atoms with Crippen LogP contribution in [0.4, 0.5) is 0 Å². The van der Waals surface area contributed by atoms with Gasteiger partial charge in [0, 0.05) is 5.54 Å². The van der Waals surface area contributed by atoms with Gasteiger partial charge in [-0.2, -0.15) is 0 Å². The van der Waals surface area contributed by atoms with Gasteiger partial charge in [0.25, 0.3) is 0 Å². The summed E-state index contributed by atoms with van der Waals surface area (Å²) in [4.78, 5) is 12.0. The summed E-state index contributed by atoms with van der Waals surface area (Å²) in [6.45, 7) is 11.2. The molecule has 0 saturated heterocycles. The molecule has 0 unspecified atom stereocenters. The lowest BCUT2D eigenvalue weighted by atomic mass is 9.62. The number of esters is 1. The first-order valence-electron chi connectivity index (χ1n) is 9.71. The van der Waals surface area contributed by atoms with Gasteiger partial charge in [-0.25, -0.2) is 0 Å². The molecule has 4 atom stereocenters. The summed E-state index contributed by atoms with van der Waals surface area (Å²) in [5.74, 6) is 1.63. The highest BCUT2D eigenvalue weighted by molar-refractivity contribution is 5.71. The first-order chi connectivity index (χ1) is 11.4. The van der Waals surface area contributed by atoms with Gasteiger partial charge < -0.3 is 4.74 Å². The number of ether oxygens (including phenoxy) is 1. The summed E-state index contributed by atoms with van der Waals surface area (Å²) in [5, 5.41) is 3.67. The number of hydrogen-bond donors (Lipinski definition) is 1. The van der Waals surface area contributed by atoms with Crippen molar-refractivity contribution in [2.45, 2.75) is 72.3 Å². The quantitative estimate of drug-likeness (QED) is 0.535. The minimum atomic E-state index is -0.0949. The second kappa shape index (κ2) is 8.33. The molecule has 1 N–H and O–H groups in total. The van der Waals surface area contributed by atoms with Gasteiger partial charge in [-0.05, 0) is 55.4 Å². The summed E-state index contributed by atoms with van der Waals surface area (Å²) >= 11 is 0. The normalized spacial score (nSPS) is 30.7. The van der Waals surface area contributed by atoms with Crippen molar-refractivity contribution in [2.75, 3.05) is 6.73 Å². The fourth-order valence-electron chi connectivity index (χ4n) is 4.21. The van der Waals surface area contributed by atoms with E-state index in [9.17, 15) is 4.79 Å². The molecular weight excluding hydrogens is 298 g/mol. The summed E-state index contributed by atoms with van der Waals surface area (Å²) in [5.41, 5.74) is 1.36. The van der Waals surface area contributed by atoms with Crippen LogP contribution in [0.3, 0.4) is 0 Å². The highest BCUT2D eigenvalue weighted by Gasteiger charge is 2.45. The second-order valence-corrected chi connectivity index (χ2v) is 8.07. The zero-order valence-electron chi connectivity index (χ0n) is 16.1. The van der Waals surface area contributed by atoms with Crippen LogP contribution in [0.15, 0.2) is 23.8 Å². The first-order valence-corrected chi connectivity index (χ1v) is 9.71. The third-order valence-corrected chi connectivity index (χ3v) is 5.84. The Morgan fingerprint density at radius 2 is 2.17 bits per heavy atom. The van der Waals surface area contributed by atoms with Crippen LogP contribution in [-0.4, -0.2) is 18.2 Å². The van der Waals surface area contributed by atoms with E-state index in [1.165, 1.54) is 18.4 Å². The average Bonchev–Trinajstić information content (AvgIpc) is 2.56. The molecule has 2 aliphatic rings. The van der Waals surface area contributed by atoms with Crippen LogP contribution in [0.25, 0.3) is 0 Å². The molecule has 3 nitrogen and oxygen atoms in total. The van der Waals surface area contributed by atoms with Crippen molar-refractivity contribution in [3.05, 3.63) is 23.8 Å². The summed E-state index contributed by atoms with van der Waals surface area (Å²) in [7, 11) is 0. The minimum absolute atomic E-state index is 0.0256. The number of allylic oxidation sites excluding steroid dienone is 2. The molecule has 2 rings (SSSR count). The topological polar surface area (TPSA) is 38.3 Å². The Bertz CT molecular complexity index is 494. The number of hydrogen-bond acceptors (Lipinski definition) is 3. The molecule has 0 fully saturated rings. The van der Waals surface area contributed by atoms with Gasteiger partial charge in [-0.1, -0.05) is 52.8 Å². The third kappa shape index (κ3) is 4.11. The van der Waals surface area contributed by atoms with Crippen LogP contribution in [0.5, 0.6) is 0 Å². The Kier molecular flexibility index (Phi) is 6.68. The molecule has 3 heteroatoms. The van der Waals surface area contributed by atoms with E-state index in [-0.39, 0.29) is 17.4 Å². The SMILES string of the molecule is CC[C@H](C)C(=O)OCN[C@]12CCCC=C1C=C[C@H](C)[C@@H]2CC(C)C. The lowest BCUT2D eigenvalue weighted by Crippen LogP contribution is -2.57. The van der Waals surface area contributed by atoms with Gasteiger partial charge in [0.2, 0.25) is 0 Å². The molecule has 0 spiro atoms. The number of fused-ring (bicyclic) bond motifs is 1. The highest BCUT2D eigenvalue weighted by Crippen LogP contribution is 2.46. The maximum absolute atomic E-state index is 12.0. The van der Waals surface area contributed by atoms with E-state index in [0.29, 0.717) is 24.5 Å². The van der Waals surface area contributed by atoms with Gasteiger partial charge in [-0.15, -0.1) is 0 Å². The monoisotopic (exact) mass is 333 g/mol. The Morgan fingerprint density at radius 1 is 1.42 bits per heavy atom. The first kappa shape index (κ1) is 19.2. The maximum Gasteiger partial charge on any atom is 0.309 e. The molecule has 136 valence electrons. The van der Waals surface area contributed by atoms with Gasteiger partial charge in [-0.3, -0.25) is 10.1 Å². The van der Waals surface area contributed by atoms with Crippen molar-refractivity contribution in [1.29, 1.82) is 0 Å². The number of nitrogens with one attached hydrogen (secondary N) is 1. The molecule has 0 radical (unpaired) electrons. The fraction of sp³-hybridized carbons (Fsp3) is 0.762. The Balaban J connectivity index is 2.15. The predicted molar refractivity (Wildman–Crippen MR) is 99.5 cm³/mol. The van der Waals surface area contributed by atoms with Crippen molar-refractivity contribution in [3.8, 4) is 0 Å². The van der Waals surface area contributed by atoms with E-state index in [1.54, 1.807) is 0 Å². The Morgan fingerprint density at radius 3 is 2.83 bits per heavy atom.